The van der Waals surface area contributed by atoms with Crippen LogP contribution in [0.3, 0.4) is 0 Å². The van der Waals surface area contributed by atoms with Crippen LogP contribution in [0.25, 0.3) is 0 Å². The Labute approximate surface area is 136 Å². The van der Waals surface area contributed by atoms with E-state index in [-0.39, 0.29) is 30.6 Å². The number of aliphatic carboxylic acids is 1. The number of nitrogens with zero attached hydrogens (tertiary/aromatic N) is 1. The lowest BCUT2D eigenvalue weighted by molar-refractivity contribution is -0.139. The van der Waals surface area contributed by atoms with E-state index in [4.69, 9.17) is 14.6 Å². The van der Waals surface area contributed by atoms with Gasteiger partial charge in [-0.05, 0) is 38.0 Å². The van der Waals surface area contributed by atoms with Gasteiger partial charge in [0.25, 0.3) is 0 Å². The van der Waals surface area contributed by atoms with E-state index >= 15 is 0 Å². The van der Waals surface area contributed by atoms with Gasteiger partial charge in [0.15, 0.2) is 6.61 Å². The van der Waals surface area contributed by atoms with Gasteiger partial charge in [-0.2, -0.15) is 0 Å². The first kappa shape index (κ1) is 17.3. The molecule has 23 heavy (non-hydrogen) atoms. The Morgan fingerprint density at radius 1 is 1.30 bits per heavy atom. The molecular formula is C17H23NO5. The lowest BCUT2D eigenvalue weighted by Crippen LogP contribution is -2.35. The van der Waals surface area contributed by atoms with Crippen LogP contribution in [0.5, 0.6) is 5.75 Å². The van der Waals surface area contributed by atoms with Gasteiger partial charge in [0, 0.05) is 13.6 Å². The van der Waals surface area contributed by atoms with E-state index < -0.39 is 5.97 Å². The molecule has 0 saturated carbocycles. The van der Waals surface area contributed by atoms with Crippen molar-refractivity contribution in [3.63, 3.8) is 0 Å². The SMILES string of the molecule is CC1CC(C(=O)N(C)Cc2ccc(OCC(=O)O)cc2)C(C)O1. The Morgan fingerprint density at radius 3 is 2.48 bits per heavy atom. The molecule has 1 amide bonds. The number of carboxylic acids is 1. The second-order valence-electron chi connectivity index (χ2n) is 6.01. The van der Waals surface area contributed by atoms with Gasteiger partial charge in [-0.25, -0.2) is 4.79 Å². The van der Waals surface area contributed by atoms with E-state index in [2.05, 4.69) is 0 Å². The van der Waals surface area contributed by atoms with Crippen LogP contribution in [0.15, 0.2) is 24.3 Å². The van der Waals surface area contributed by atoms with Crippen LogP contribution >= 0.6 is 0 Å². The van der Waals surface area contributed by atoms with Gasteiger partial charge in [0.2, 0.25) is 5.91 Å². The molecule has 0 aromatic heterocycles. The summed E-state index contributed by atoms with van der Waals surface area (Å²) in [7, 11) is 1.78. The molecule has 1 aromatic carbocycles. The molecule has 6 nitrogen and oxygen atoms in total. The molecule has 0 spiro atoms. The Kier molecular flexibility index (Phi) is 5.60. The van der Waals surface area contributed by atoms with Crippen molar-refractivity contribution in [3.8, 4) is 5.75 Å². The third-order valence-electron chi connectivity index (χ3n) is 4.00. The van der Waals surface area contributed by atoms with Crippen LogP contribution < -0.4 is 4.74 Å². The van der Waals surface area contributed by atoms with Crippen molar-refractivity contribution < 1.29 is 24.2 Å². The lowest BCUT2D eigenvalue weighted by Gasteiger charge is -2.22. The quantitative estimate of drug-likeness (QED) is 0.866. The van der Waals surface area contributed by atoms with Crippen molar-refractivity contribution in [1.82, 2.24) is 4.90 Å². The molecule has 6 heteroatoms. The summed E-state index contributed by atoms with van der Waals surface area (Å²) in [5.41, 5.74) is 0.961. The number of rotatable bonds is 6. The topological polar surface area (TPSA) is 76.1 Å². The highest BCUT2D eigenvalue weighted by molar-refractivity contribution is 5.79. The Hall–Kier alpha value is -2.08. The van der Waals surface area contributed by atoms with Crippen LogP contribution in [-0.4, -0.2) is 47.7 Å². The maximum atomic E-state index is 12.5. The Balaban J connectivity index is 1.90. The van der Waals surface area contributed by atoms with Crippen LogP contribution in [-0.2, 0) is 20.9 Å². The molecule has 3 unspecified atom stereocenters. The van der Waals surface area contributed by atoms with E-state index in [0.29, 0.717) is 12.3 Å². The molecule has 1 saturated heterocycles. The van der Waals surface area contributed by atoms with Crippen molar-refractivity contribution in [2.24, 2.45) is 5.92 Å². The molecule has 3 atom stereocenters. The molecule has 0 bridgehead atoms. The first-order chi connectivity index (χ1) is 10.9. The molecule has 2 rings (SSSR count). The molecule has 1 heterocycles. The van der Waals surface area contributed by atoms with Gasteiger partial charge in [-0.1, -0.05) is 12.1 Å². The summed E-state index contributed by atoms with van der Waals surface area (Å²) < 4.78 is 10.7. The van der Waals surface area contributed by atoms with E-state index in [1.54, 1.807) is 24.1 Å². The number of carbonyl (C=O) groups is 2. The van der Waals surface area contributed by atoms with Gasteiger partial charge < -0.3 is 19.5 Å². The number of hydrogen-bond donors (Lipinski definition) is 1. The molecule has 1 aliphatic rings. The van der Waals surface area contributed by atoms with Gasteiger partial charge in [0.05, 0.1) is 18.1 Å². The van der Waals surface area contributed by atoms with Crippen LogP contribution in [0.4, 0.5) is 0 Å². The highest BCUT2D eigenvalue weighted by Crippen LogP contribution is 2.28. The predicted molar refractivity (Wildman–Crippen MR) is 84.2 cm³/mol. The average Bonchev–Trinajstić information content (AvgIpc) is 2.84. The maximum Gasteiger partial charge on any atom is 0.341 e. The molecule has 1 N–H and O–H groups in total. The summed E-state index contributed by atoms with van der Waals surface area (Å²) in [5, 5.41) is 8.57. The van der Waals surface area contributed by atoms with Crippen molar-refractivity contribution in [1.29, 1.82) is 0 Å². The third-order valence-corrected chi connectivity index (χ3v) is 4.00. The minimum Gasteiger partial charge on any atom is -0.482 e. The highest BCUT2D eigenvalue weighted by atomic mass is 16.5. The zero-order chi connectivity index (χ0) is 17.0. The van der Waals surface area contributed by atoms with Gasteiger partial charge in [-0.15, -0.1) is 0 Å². The maximum absolute atomic E-state index is 12.5. The van der Waals surface area contributed by atoms with Crippen LogP contribution in [0, 0.1) is 5.92 Å². The normalized spacial score (nSPS) is 23.5. The zero-order valence-corrected chi connectivity index (χ0v) is 13.7. The first-order valence-electron chi connectivity index (χ1n) is 7.70. The highest BCUT2D eigenvalue weighted by Gasteiger charge is 2.36. The smallest absolute Gasteiger partial charge is 0.341 e. The summed E-state index contributed by atoms with van der Waals surface area (Å²) in [5.74, 6) is -0.514. The standard InChI is InChI=1S/C17H23NO5/c1-11-8-15(12(2)23-11)17(21)18(3)9-13-4-6-14(7-5-13)22-10-16(19)20/h4-7,11-12,15H,8-10H2,1-3H3,(H,19,20). The fourth-order valence-corrected chi connectivity index (χ4v) is 2.84. The minimum absolute atomic E-state index is 0.0493. The summed E-state index contributed by atoms with van der Waals surface area (Å²) in [6, 6.07) is 7.08. The second-order valence-corrected chi connectivity index (χ2v) is 6.01. The molecule has 1 aliphatic heterocycles. The lowest BCUT2D eigenvalue weighted by atomic mass is 9.99. The summed E-state index contributed by atoms with van der Waals surface area (Å²) in [6.45, 7) is 4.05. The van der Waals surface area contributed by atoms with Gasteiger partial charge in [-0.3, -0.25) is 4.79 Å². The summed E-state index contributed by atoms with van der Waals surface area (Å²) in [6.07, 6.45) is 0.830. The Morgan fingerprint density at radius 2 is 1.96 bits per heavy atom. The molecular weight excluding hydrogens is 298 g/mol. The first-order valence-corrected chi connectivity index (χ1v) is 7.70. The minimum atomic E-state index is -1.01. The summed E-state index contributed by atoms with van der Waals surface area (Å²) >= 11 is 0. The summed E-state index contributed by atoms with van der Waals surface area (Å²) in [4.78, 5) is 24.7. The number of carbonyl (C=O) groups excluding carboxylic acids is 1. The third kappa shape index (κ3) is 4.69. The number of ether oxygens (including phenoxy) is 2. The molecule has 0 aliphatic carbocycles. The van der Waals surface area contributed by atoms with Crippen molar-refractivity contribution in [3.05, 3.63) is 29.8 Å². The van der Waals surface area contributed by atoms with Crippen LogP contribution in [0.2, 0.25) is 0 Å². The number of hydrogen-bond acceptors (Lipinski definition) is 4. The Bertz CT molecular complexity index is 557. The van der Waals surface area contributed by atoms with E-state index in [9.17, 15) is 9.59 Å². The van der Waals surface area contributed by atoms with Gasteiger partial charge in [0.1, 0.15) is 5.75 Å². The van der Waals surface area contributed by atoms with Crippen molar-refractivity contribution in [2.45, 2.75) is 39.0 Å². The van der Waals surface area contributed by atoms with Crippen molar-refractivity contribution >= 4 is 11.9 Å². The fourth-order valence-electron chi connectivity index (χ4n) is 2.84. The zero-order valence-electron chi connectivity index (χ0n) is 13.7. The fraction of sp³-hybridized carbons (Fsp3) is 0.529. The number of benzene rings is 1. The monoisotopic (exact) mass is 321 g/mol. The second kappa shape index (κ2) is 7.46. The van der Waals surface area contributed by atoms with E-state index in [1.807, 2.05) is 26.0 Å². The molecule has 1 fully saturated rings. The number of amides is 1. The molecule has 126 valence electrons. The van der Waals surface area contributed by atoms with Crippen LogP contribution in [0.1, 0.15) is 25.8 Å². The average molecular weight is 321 g/mol. The molecule has 1 aromatic rings. The largest absolute Gasteiger partial charge is 0.482 e. The van der Waals surface area contributed by atoms with E-state index in [1.165, 1.54) is 0 Å². The van der Waals surface area contributed by atoms with Crippen molar-refractivity contribution in [2.75, 3.05) is 13.7 Å². The van der Waals surface area contributed by atoms with Gasteiger partial charge >= 0.3 is 5.97 Å². The predicted octanol–water partition coefficient (Wildman–Crippen LogP) is 1.92. The molecule has 0 radical (unpaired) electrons. The number of carboxylic acid groups (broad SMARTS) is 1. The van der Waals surface area contributed by atoms with E-state index in [0.717, 1.165) is 12.0 Å².